The van der Waals surface area contributed by atoms with Crippen LogP contribution >= 0.6 is 15.9 Å². The van der Waals surface area contributed by atoms with E-state index < -0.39 is 15.1 Å². The van der Waals surface area contributed by atoms with Gasteiger partial charge >= 0.3 is 0 Å². The fourth-order valence-corrected chi connectivity index (χ4v) is 5.00. The average Bonchev–Trinajstić information content (AvgIpc) is 2.67. The Balaban J connectivity index is 2.02. The van der Waals surface area contributed by atoms with E-state index in [9.17, 15) is 13.2 Å². The first-order valence-electron chi connectivity index (χ1n) is 8.93. The van der Waals surface area contributed by atoms with Gasteiger partial charge in [-0.1, -0.05) is 75.6 Å². The molecule has 3 rings (SSSR count). The predicted molar refractivity (Wildman–Crippen MR) is 115 cm³/mol. The maximum atomic E-state index is 13.4. The van der Waals surface area contributed by atoms with E-state index in [-0.39, 0.29) is 17.1 Å². The Morgan fingerprint density at radius 2 is 1.32 bits per heavy atom. The SMILES string of the molecule is Cc1ccc(C(=O)C[C@H](c2ccc(Br)cc2)S(=O)(=O)c2ccc(C)cc2)cc1. The monoisotopic (exact) mass is 456 g/mol. The predicted octanol–water partition coefficient (Wildman–Crippen LogP) is 5.85. The fraction of sp³-hybridized carbons (Fsp3) is 0.174. The summed E-state index contributed by atoms with van der Waals surface area (Å²) in [4.78, 5) is 13.1. The van der Waals surface area contributed by atoms with Gasteiger partial charge in [-0.2, -0.15) is 0 Å². The normalized spacial score (nSPS) is 12.5. The Hall–Kier alpha value is -2.24. The van der Waals surface area contributed by atoms with Gasteiger partial charge in [-0.3, -0.25) is 4.79 Å². The third kappa shape index (κ3) is 4.59. The second kappa shape index (κ2) is 8.41. The van der Waals surface area contributed by atoms with Gasteiger partial charge < -0.3 is 0 Å². The quantitative estimate of drug-likeness (QED) is 0.436. The summed E-state index contributed by atoms with van der Waals surface area (Å²) in [5, 5.41) is -0.947. The van der Waals surface area contributed by atoms with Crippen LogP contribution in [0, 0.1) is 13.8 Å². The summed E-state index contributed by atoms with van der Waals surface area (Å²) < 4.78 is 27.6. The third-order valence-electron chi connectivity index (χ3n) is 4.71. The molecule has 0 radical (unpaired) electrons. The molecule has 0 unspecified atom stereocenters. The molecule has 0 heterocycles. The Kier molecular flexibility index (Phi) is 6.16. The first-order chi connectivity index (χ1) is 13.3. The molecular formula is C23H21BrO3S. The number of benzene rings is 3. The van der Waals surface area contributed by atoms with Crippen molar-refractivity contribution in [1.29, 1.82) is 0 Å². The number of aryl methyl sites for hydroxylation is 2. The number of hydrogen-bond donors (Lipinski definition) is 0. The van der Waals surface area contributed by atoms with Crippen molar-refractivity contribution in [2.24, 2.45) is 0 Å². The summed E-state index contributed by atoms with van der Waals surface area (Å²) in [5.74, 6) is -0.191. The smallest absolute Gasteiger partial charge is 0.185 e. The average molecular weight is 457 g/mol. The molecule has 0 saturated heterocycles. The molecule has 0 fully saturated rings. The van der Waals surface area contributed by atoms with Crippen LogP contribution in [0.1, 0.15) is 38.7 Å². The summed E-state index contributed by atoms with van der Waals surface area (Å²) in [6, 6.07) is 21.1. The number of carbonyl (C=O) groups is 1. The number of rotatable bonds is 6. The molecule has 0 aromatic heterocycles. The lowest BCUT2D eigenvalue weighted by Gasteiger charge is -2.18. The van der Waals surface area contributed by atoms with Crippen LogP contribution in [-0.2, 0) is 9.84 Å². The number of hydrogen-bond acceptors (Lipinski definition) is 3. The first-order valence-corrected chi connectivity index (χ1v) is 11.3. The molecule has 28 heavy (non-hydrogen) atoms. The highest BCUT2D eigenvalue weighted by atomic mass is 79.9. The molecule has 0 aliphatic carbocycles. The van der Waals surface area contributed by atoms with E-state index in [4.69, 9.17) is 0 Å². The molecule has 5 heteroatoms. The molecular weight excluding hydrogens is 436 g/mol. The van der Waals surface area contributed by atoms with Crippen molar-refractivity contribution < 1.29 is 13.2 Å². The second-order valence-corrected chi connectivity index (χ2v) is 9.94. The summed E-state index contributed by atoms with van der Waals surface area (Å²) in [5.41, 5.74) is 3.15. The minimum Gasteiger partial charge on any atom is -0.294 e. The van der Waals surface area contributed by atoms with Gasteiger partial charge in [-0.15, -0.1) is 0 Å². The molecule has 0 saturated carbocycles. The molecule has 0 bridgehead atoms. The number of sulfone groups is 1. The lowest BCUT2D eigenvalue weighted by molar-refractivity contribution is 0.0980. The van der Waals surface area contributed by atoms with Crippen molar-refractivity contribution in [3.63, 3.8) is 0 Å². The molecule has 0 aliphatic heterocycles. The maximum absolute atomic E-state index is 13.4. The summed E-state index contributed by atoms with van der Waals surface area (Å²) in [6.07, 6.45) is -0.110. The van der Waals surface area contributed by atoms with E-state index in [2.05, 4.69) is 15.9 Å². The largest absolute Gasteiger partial charge is 0.294 e. The molecule has 0 N–H and O–H groups in total. The van der Waals surface area contributed by atoms with E-state index in [1.54, 1.807) is 60.7 Å². The molecule has 0 amide bonds. The molecule has 3 nitrogen and oxygen atoms in total. The zero-order valence-electron chi connectivity index (χ0n) is 15.7. The Bertz CT molecular complexity index is 1070. The Morgan fingerprint density at radius 1 is 0.821 bits per heavy atom. The van der Waals surface area contributed by atoms with Gasteiger partial charge in [0.15, 0.2) is 15.6 Å². The van der Waals surface area contributed by atoms with Crippen LogP contribution in [0.2, 0.25) is 0 Å². The minimum atomic E-state index is -3.73. The van der Waals surface area contributed by atoms with Crippen LogP contribution in [-0.4, -0.2) is 14.2 Å². The fourth-order valence-electron chi connectivity index (χ4n) is 3.00. The van der Waals surface area contributed by atoms with Crippen LogP contribution in [0.4, 0.5) is 0 Å². The van der Waals surface area contributed by atoms with E-state index in [0.29, 0.717) is 11.1 Å². The van der Waals surface area contributed by atoms with Gasteiger partial charge in [0.1, 0.15) is 0 Å². The van der Waals surface area contributed by atoms with Gasteiger partial charge in [0.05, 0.1) is 10.1 Å². The van der Waals surface area contributed by atoms with Gasteiger partial charge in [-0.05, 0) is 43.7 Å². The van der Waals surface area contributed by atoms with E-state index >= 15 is 0 Å². The molecule has 3 aromatic carbocycles. The summed E-state index contributed by atoms with van der Waals surface area (Å²) >= 11 is 3.38. The van der Waals surface area contributed by atoms with Crippen LogP contribution in [0.5, 0.6) is 0 Å². The Labute approximate surface area is 174 Å². The van der Waals surface area contributed by atoms with Crippen LogP contribution in [0.15, 0.2) is 82.2 Å². The zero-order valence-corrected chi connectivity index (χ0v) is 18.1. The van der Waals surface area contributed by atoms with Crippen LogP contribution < -0.4 is 0 Å². The standard InChI is InChI=1S/C23H21BrO3S/c1-16-3-7-18(8-4-16)22(25)15-23(19-9-11-20(24)12-10-19)28(26,27)21-13-5-17(2)6-14-21/h3-14,23H,15H2,1-2H3/t23-/m1/s1. The number of carbonyl (C=O) groups excluding carboxylic acids is 1. The molecule has 3 aromatic rings. The summed E-state index contributed by atoms with van der Waals surface area (Å²) in [6.45, 7) is 3.85. The van der Waals surface area contributed by atoms with Crippen molar-refractivity contribution in [1.82, 2.24) is 0 Å². The van der Waals surface area contributed by atoms with Crippen molar-refractivity contribution in [3.8, 4) is 0 Å². The highest BCUT2D eigenvalue weighted by Gasteiger charge is 2.31. The highest BCUT2D eigenvalue weighted by molar-refractivity contribution is 9.10. The first kappa shape index (κ1) is 20.5. The van der Waals surface area contributed by atoms with E-state index in [1.807, 2.05) is 26.0 Å². The van der Waals surface area contributed by atoms with Crippen molar-refractivity contribution in [2.45, 2.75) is 30.4 Å². The minimum absolute atomic E-state index is 0.110. The van der Waals surface area contributed by atoms with E-state index in [1.165, 1.54) is 0 Å². The van der Waals surface area contributed by atoms with Crippen molar-refractivity contribution in [3.05, 3.63) is 99.5 Å². The van der Waals surface area contributed by atoms with Gasteiger partial charge in [0.25, 0.3) is 0 Å². The van der Waals surface area contributed by atoms with Gasteiger partial charge in [-0.25, -0.2) is 8.42 Å². The van der Waals surface area contributed by atoms with Gasteiger partial charge in [0.2, 0.25) is 0 Å². The van der Waals surface area contributed by atoms with Crippen LogP contribution in [0.25, 0.3) is 0 Å². The maximum Gasteiger partial charge on any atom is 0.185 e. The lowest BCUT2D eigenvalue weighted by atomic mass is 10.0. The summed E-state index contributed by atoms with van der Waals surface area (Å²) in [7, 11) is -3.73. The second-order valence-electron chi connectivity index (χ2n) is 6.89. The molecule has 144 valence electrons. The number of halogens is 1. The van der Waals surface area contributed by atoms with Gasteiger partial charge in [0, 0.05) is 16.5 Å². The number of Topliss-reactive ketones (excluding diaryl/α,β-unsaturated/α-hetero) is 1. The third-order valence-corrected chi connectivity index (χ3v) is 7.36. The lowest BCUT2D eigenvalue weighted by Crippen LogP contribution is -2.18. The molecule has 1 atom stereocenters. The number of ketones is 1. The van der Waals surface area contributed by atoms with E-state index in [0.717, 1.165) is 15.6 Å². The highest BCUT2D eigenvalue weighted by Crippen LogP contribution is 2.33. The molecule has 0 spiro atoms. The topological polar surface area (TPSA) is 51.2 Å². The zero-order chi connectivity index (χ0) is 20.3. The Morgan fingerprint density at radius 3 is 1.86 bits per heavy atom. The van der Waals surface area contributed by atoms with Crippen molar-refractivity contribution >= 4 is 31.6 Å². The van der Waals surface area contributed by atoms with Crippen LogP contribution in [0.3, 0.4) is 0 Å². The molecule has 0 aliphatic rings. The van der Waals surface area contributed by atoms with Crippen molar-refractivity contribution in [2.75, 3.05) is 0 Å².